The van der Waals surface area contributed by atoms with Crippen molar-refractivity contribution in [2.75, 3.05) is 0 Å². The zero-order chi connectivity index (χ0) is 12.7. The summed E-state index contributed by atoms with van der Waals surface area (Å²) >= 11 is 2.16. The molecule has 1 aliphatic carbocycles. The molecule has 18 heavy (non-hydrogen) atoms. The third-order valence-corrected chi connectivity index (χ3v) is 4.18. The van der Waals surface area contributed by atoms with Crippen LogP contribution in [-0.2, 0) is 0 Å². The van der Waals surface area contributed by atoms with Gasteiger partial charge in [-0.3, -0.25) is 9.59 Å². The Bertz CT molecular complexity index is 626. The molecule has 0 atom stereocenters. The van der Waals surface area contributed by atoms with E-state index in [0.717, 1.165) is 9.13 Å². The first-order valence-corrected chi connectivity index (χ1v) is 6.70. The minimum absolute atomic E-state index is 0.0836. The van der Waals surface area contributed by atoms with Gasteiger partial charge in [0.1, 0.15) is 5.92 Å². The minimum Gasteiger partial charge on any atom is -0.293 e. The van der Waals surface area contributed by atoms with Crippen molar-refractivity contribution in [1.29, 1.82) is 0 Å². The van der Waals surface area contributed by atoms with E-state index in [1.807, 2.05) is 24.3 Å². The van der Waals surface area contributed by atoms with Crippen molar-refractivity contribution in [3.63, 3.8) is 0 Å². The van der Waals surface area contributed by atoms with Crippen LogP contribution in [0.2, 0.25) is 0 Å². The largest absolute Gasteiger partial charge is 0.293 e. The normalized spacial score (nSPS) is 14.9. The predicted molar refractivity (Wildman–Crippen MR) is 77.0 cm³/mol. The fourth-order valence-electron chi connectivity index (χ4n) is 2.33. The van der Waals surface area contributed by atoms with Gasteiger partial charge in [0.05, 0.1) is 0 Å². The maximum atomic E-state index is 12.3. The van der Waals surface area contributed by atoms with Gasteiger partial charge in [-0.15, -0.1) is 0 Å². The van der Waals surface area contributed by atoms with Gasteiger partial charge in [-0.25, -0.2) is 0 Å². The summed E-state index contributed by atoms with van der Waals surface area (Å²) in [6.45, 7) is 0. The number of halogens is 1. The highest BCUT2D eigenvalue weighted by atomic mass is 127. The minimum atomic E-state index is -0.657. The Morgan fingerprint density at radius 1 is 0.778 bits per heavy atom. The molecule has 0 bridgehead atoms. The molecule has 0 fully saturated rings. The number of benzene rings is 2. The zero-order valence-electron chi connectivity index (χ0n) is 9.39. The molecule has 3 heteroatoms. The van der Waals surface area contributed by atoms with E-state index >= 15 is 0 Å². The van der Waals surface area contributed by atoms with E-state index in [-0.39, 0.29) is 11.6 Å². The van der Waals surface area contributed by atoms with Gasteiger partial charge >= 0.3 is 0 Å². The van der Waals surface area contributed by atoms with Crippen LogP contribution < -0.4 is 0 Å². The summed E-state index contributed by atoms with van der Waals surface area (Å²) in [6, 6.07) is 14.6. The Morgan fingerprint density at radius 2 is 1.28 bits per heavy atom. The molecule has 0 saturated carbocycles. The van der Waals surface area contributed by atoms with Gasteiger partial charge in [0.15, 0.2) is 11.6 Å². The lowest BCUT2D eigenvalue weighted by molar-refractivity contribution is 0.0890. The number of hydrogen-bond acceptors (Lipinski definition) is 2. The second kappa shape index (κ2) is 4.31. The number of carbonyl (C=O) groups excluding carboxylic acids is 2. The number of hydrogen-bond donors (Lipinski definition) is 0. The van der Waals surface area contributed by atoms with E-state index < -0.39 is 5.92 Å². The van der Waals surface area contributed by atoms with E-state index in [1.54, 1.807) is 24.3 Å². The summed E-state index contributed by atoms with van der Waals surface area (Å²) in [5.41, 5.74) is 1.91. The maximum absolute atomic E-state index is 12.3. The number of rotatable bonds is 1. The number of ketones is 2. The van der Waals surface area contributed by atoms with E-state index in [2.05, 4.69) is 22.6 Å². The molecule has 0 radical (unpaired) electrons. The molecule has 0 heterocycles. The summed E-state index contributed by atoms with van der Waals surface area (Å²) in [7, 11) is 0. The molecule has 0 spiro atoms. The second-order valence-electron chi connectivity index (χ2n) is 4.23. The van der Waals surface area contributed by atoms with Crippen molar-refractivity contribution in [3.8, 4) is 0 Å². The van der Waals surface area contributed by atoms with Crippen LogP contribution in [0, 0.1) is 3.57 Å². The van der Waals surface area contributed by atoms with Gasteiger partial charge < -0.3 is 0 Å². The first-order chi connectivity index (χ1) is 8.70. The molecular formula is C15H9IO2. The monoisotopic (exact) mass is 348 g/mol. The average molecular weight is 348 g/mol. The van der Waals surface area contributed by atoms with E-state index in [9.17, 15) is 9.59 Å². The van der Waals surface area contributed by atoms with Gasteiger partial charge in [-0.1, -0.05) is 42.5 Å². The molecular weight excluding hydrogens is 339 g/mol. The van der Waals surface area contributed by atoms with Crippen molar-refractivity contribution in [2.24, 2.45) is 0 Å². The summed E-state index contributed by atoms with van der Waals surface area (Å²) in [4.78, 5) is 24.7. The molecule has 0 unspecified atom stereocenters. The molecule has 1 aliphatic rings. The first kappa shape index (κ1) is 11.6. The zero-order valence-corrected chi connectivity index (χ0v) is 11.5. The summed E-state index contributed by atoms with van der Waals surface area (Å²) in [5, 5.41) is 0. The number of carbonyl (C=O) groups is 2. The fraction of sp³-hybridized carbons (Fsp3) is 0.0667. The Kier molecular flexibility index (Phi) is 2.78. The van der Waals surface area contributed by atoms with Gasteiger partial charge in [0.2, 0.25) is 0 Å². The highest BCUT2D eigenvalue weighted by Crippen LogP contribution is 2.35. The highest BCUT2D eigenvalue weighted by Gasteiger charge is 2.39. The standard InChI is InChI=1S/C15H9IO2/c16-12-8-4-3-7-11(12)13-14(17)9-5-1-2-6-10(9)15(13)18/h1-8,13H. The quantitative estimate of drug-likeness (QED) is 0.584. The average Bonchev–Trinajstić information content (AvgIpc) is 2.64. The first-order valence-electron chi connectivity index (χ1n) is 5.62. The molecule has 0 amide bonds. The van der Waals surface area contributed by atoms with E-state index in [0.29, 0.717) is 11.1 Å². The van der Waals surface area contributed by atoms with Crippen LogP contribution in [0.4, 0.5) is 0 Å². The van der Waals surface area contributed by atoms with Crippen LogP contribution in [0.5, 0.6) is 0 Å². The SMILES string of the molecule is O=C1c2ccccc2C(=O)C1c1ccccc1I. The molecule has 3 rings (SSSR count). The van der Waals surface area contributed by atoms with Crippen LogP contribution in [-0.4, -0.2) is 11.6 Å². The summed E-state index contributed by atoms with van der Waals surface area (Å²) in [6.07, 6.45) is 0. The fourth-order valence-corrected chi connectivity index (χ4v) is 3.03. The molecule has 0 aliphatic heterocycles. The van der Waals surface area contributed by atoms with Crippen molar-refractivity contribution in [3.05, 3.63) is 68.8 Å². The van der Waals surface area contributed by atoms with Crippen LogP contribution >= 0.6 is 22.6 Å². The Hall–Kier alpha value is -1.49. The van der Waals surface area contributed by atoms with Gasteiger partial charge in [-0.05, 0) is 34.2 Å². The van der Waals surface area contributed by atoms with Gasteiger partial charge in [0, 0.05) is 14.7 Å². The molecule has 2 aromatic rings. The van der Waals surface area contributed by atoms with Crippen LogP contribution in [0.15, 0.2) is 48.5 Å². The molecule has 2 nitrogen and oxygen atoms in total. The van der Waals surface area contributed by atoms with Gasteiger partial charge in [-0.2, -0.15) is 0 Å². The van der Waals surface area contributed by atoms with Crippen molar-refractivity contribution < 1.29 is 9.59 Å². The van der Waals surface area contributed by atoms with Crippen molar-refractivity contribution in [2.45, 2.75) is 5.92 Å². The van der Waals surface area contributed by atoms with E-state index in [4.69, 9.17) is 0 Å². The number of fused-ring (bicyclic) bond motifs is 1. The smallest absolute Gasteiger partial charge is 0.178 e. The predicted octanol–water partition coefficient (Wildman–Crippen LogP) is 3.45. The lowest BCUT2D eigenvalue weighted by atomic mass is 9.94. The lowest BCUT2D eigenvalue weighted by Crippen LogP contribution is -2.14. The molecule has 0 saturated heterocycles. The Morgan fingerprint density at radius 3 is 1.83 bits per heavy atom. The maximum Gasteiger partial charge on any atom is 0.178 e. The highest BCUT2D eigenvalue weighted by molar-refractivity contribution is 14.1. The molecule has 0 N–H and O–H groups in total. The van der Waals surface area contributed by atoms with Crippen LogP contribution in [0.25, 0.3) is 0 Å². The summed E-state index contributed by atoms with van der Waals surface area (Å²) < 4.78 is 0.953. The van der Waals surface area contributed by atoms with E-state index in [1.165, 1.54) is 0 Å². The lowest BCUT2D eigenvalue weighted by Gasteiger charge is -2.09. The molecule has 2 aromatic carbocycles. The van der Waals surface area contributed by atoms with Crippen LogP contribution in [0.1, 0.15) is 32.2 Å². The topological polar surface area (TPSA) is 34.1 Å². The number of Topliss-reactive ketones (excluding diaryl/α,β-unsaturated/α-hetero) is 2. The van der Waals surface area contributed by atoms with Gasteiger partial charge in [0.25, 0.3) is 0 Å². The Labute approximate surface area is 118 Å². The van der Waals surface area contributed by atoms with Crippen molar-refractivity contribution >= 4 is 34.2 Å². The molecule has 0 aromatic heterocycles. The van der Waals surface area contributed by atoms with Crippen molar-refractivity contribution in [1.82, 2.24) is 0 Å². The second-order valence-corrected chi connectivity index (χ2v) is 5.39. The third kappa shape index (κ3) is 1.61. The Balaban J connectivity index is 2.16. The molecule has 88 valence electrons. The summed E-state index contributed by atoms with van der Waals surface area (Å²) in [5.74, 6) is -0.824. The van der Waals surface area contributed by atoms with Crippen LogP contribution in [0.3, 0.4) is 0 Å². The third-order valence-electron chi connectivity index (χ3n) is 3.20.